The molecule has 20 heavy (non-hydrogen) atoms. The summed E-state index contributed by atoms with van der Waals surface area (Å²) in [6, 6.07) is 4.18. The maximum atomic E-state index is 11.3. The number of nitrogens with zero attached hydrogens (tertiary/aromatic N) is 2. The van der Waals surface area contributed by atoms with Crippen LogP contribution < -0.4 is 11.1 Å². The van der Waals surface area contributed by atoms with Gasteiger partial charge in [-0.05, 0) is 18.4 Å². The van der Waals surface area contributed by atoms with Crippen LogP contribution in [0.15, 0.2) is 18.3 Å². The van der Waals surface area contributed by atoms with Gasteiger partial charge >= 0.3 is 0 Å². The minimum atomic E-state index is 0.0545. The van der Waals surface area contributed by atoms with Crippen LogP contribution in [-0.2, 0) is 11.3 Å². The normalized spacial score (nSPS) is 22.9. The van der Waals surface area contributed by atoms with Gasteiger partial charge < -0.3 is 11.1 Å². The van der Waals surface area contributed by atoms with E-state index < -0.39 is 0 Å². The fraction of sp³-hybridized carbons (Fsp3) is 0.600. The smallest absolute Gasteiger partial charge is 0.217 e. The summed E-state index contributed by atoms with van der Waals surface area (Å²) >= 11 is 0. The van der Waals surface area contributed by atoms with Crippen molar-refractivity contribution in [3.8, 4) is 0 Å². The number of carbonyl (C=O) groups excluding carboxylic acids is 1. The number of pyridine rings is 1. The average Bonchev–Trinajstić information content (AvgIpc) is 2.74. The van der Waals surface area contributed by atoms with Crippen LogP contribution in [0.3, 0.4) is 0 Å². The molecular formula is C15H24N4O. The summed E-state index contributed by atoms with van der Waals surface area (Å²) in [4.78, 5) is 17.8. The number of nitrogen functional groups attached to an aromatic ring is 1. The topological polar surface area (TPSA) is 71.2 Å². The SMILES string of the molecule is CCC[C@@H]1CN(Cc2cccnc2N)C[C@H]1NC(C)=O. The van der Waals surface area contributed by atoms with Gasteiger partial charge in [-0.2, -0.15) is 0 Å². The van der Waals surface area contributed by atoms with Crippen LogP contribution >= 0.6 is 0 Å². The van der Waals surface area contributed by atoms with E-state index in [1.165, 1.54) is 0 Å². The number of likely N-dealkylation sites (tertiary alicyclic amines) is 1. The number of carbonyl (C=O) groups is 1. The lowest BCUT2D eigenvalue weighted by Crippen LogP contribution is -2.39. The molecule has 5 heteroatoms. The molecule has 2 heterocycles. The zero-order valence-corrected chi connectivity index (χ0v) is 12.3. The lowest BCUT2D eigenvalue weighted by atomic mass is 9.98. The summed E-state index contributed by atoms with van der Waals surface area (Å²) in [5, 5.41) is 3.08. The Hall–Kier alpha value is -1.62. The molecule has 1 amide bonds. The van der Waals surface area contributed by atoms with Crippen molar-refractivity contribution in [2.45, 2.75) is 39.3 Å². The monoisotopic (exact) mass is 276 g/mol. The molecule has 5 nitrogen and oxygen atoms in total. The van der Waals surface area contributed by atoms with Gasteiger partial charge in [-0.3, -0.25) is 9.69 Å². The summed E-state index contributed by atoms with van der Waals surface area (Å²) in [5.74, 6) is 1.18. The van der Waals surface area contributed by atoms with Crippen molar-refractivity contribution in [1.82, 2.24) is 15.2 Å². The van der Waals surface area contributed by atoms with Gasteiger partial charge in [-0.15, -0.1) is 0 Å². The fourth-order valence-corrected chi connectivity index (χ4v) is 3.00. The first-order valence-corrected chi connectivity index (χ1v) is 7.29. The zero-order chi connectivity index (χ0) is 14.5. The van der Waals surface area contributed by atoms with E-state index in [-0.39, 0.29) is 11.9 Å². The van der Waals surface area contributed by atoms with E-state index in [1.54, 1.807) is 13.1 Å². The second-order valence-electron chi connectivity index (χ2n) is 5.60. The minimum absolute atomic E-state index is 0.0545. The summed E-state index contributed by atoms with van der Waals surface area (Å²) in [6.45, 7) is 6.47. The van der Waals surface area contributed by atoms with Crippen LogP contribution in [0.1, 0.15) is 32.3 Å². The molecule has 0 unspecified atom stereocenters. The van der Waals surface area contributed by atoms with Crippen LogP contribution in [0.25, 0.3) is 0 Å². The fourth-order valence-electron chi connectivity index (χ4n) is 3.00. The Morgan fingerprint density at radius 2 is 2.35 bits per heavy atom. The van der Waals surface area contributed by atoms with Crippen molar-refractivity contribution in [3.05, 3.63) is 23.9 Å². The molecule has 1 aromatic rings. The van der Waals surface area contributed by atoms with E-state index in [9.17, 15) is 4.79 Å². The van der Waals surface area contributed by atoms with E-state index in [1.807, 2.05) is 12.1 Å². The third-order valence-corrected chi connectivity index (χ3v) is 3.88. The molecule has 1 fully saturated rings. The molecule has 1 saturated heterocycles. The number of anilines is 1. The van der Waals surface area contributed by atoms with Gasteiger partial charge in [0.2, 0.25) is 5.91 Å². The lowest BCUT2D eigenvalue weighted by molar-refractivity contribution is -0.119. The molecule has 0 saturated carbocycles. The molecule has 3 N–H and O–H groups in total. The Morgan fingerprint density at radius 3 is 3.00 bits per heavy atom. The van der Waals surface area contributed by atoms with Gasteiger partial charge in [-0.1, -0.05) is 19.4 Å². The van der Waals surface area contributed by atoms with Crippen molar-refractivity contribution < 1.29 is 4.79 Å². The third-order valence-electron chi connectivity index (χ3n) is 3.88. The molecule has 2 atom stereocenters. The molecular weight excluding hydrogens is 252 g/mol. The van der Waals surface area contributed by atoms with E-state index >= 15 is 0 Å². The van der Waals surface area contributed by atoms with E-state index in [0.29, 0.717) is 11.7 Å². The minimum Gasteiger partial charge on any atom is -0.383 e. The standard InChI is InChI=1S/C15H24N4O/c1-3-5-12-8-19(10-14(12)18-11(2)20)9-13-6-4-7-17-15(13)16/h4,6-7,12,14H,3,5,8-10H2,1-2H3,(H2,16,17)(H,18,20)/t12-,14-/m1/s1. The van der Waals surface area contributed by atoms with Gasteiger partial charge in [0.25, 0.3) is 0 Å². The first kappa shape index (κ1) is 14.8. The molecule has 1 aliphatic heterocycles. The van der Waals surface area contributed by atoms with E-state index in [0.717, 1.165) is 38.0 Å². The Morgan fingerprint density at radius 1 is 1.55 bits per heavy atom. The van der Waals surface area contributed by atoms with Gasteiger partial charge in [-0.25, -0.2) is 4.98 Å². The number of hydrogen-bond acceptors (Lipinski definition) is 4. The summed E-state index contributed by atoms with van der Waals surface area (Å²) in [7, 11) is 0. The highest BCUT2D eigenvalue weighted by molar-refractivity contribution is 5.73. The van der Waals surface area contributed by atoms with Crippen molar-refractivity contribution in [3.63, 3.8) is 0 Å². The number of nitrogens with one attached hydrogen (secondary N) is 1. The molecule has 0 radical (unpaired) electrons. The van der Waals surface area contributed by atoms with Gasteiger partial charge in [0.05, 0.1) is 0 Å². The van der Waals surface area contributed by atoms with Crippen molar-refractivity contribution in [2.24, 2.45) is 5.92 Å². The Labute approximate surface area is 120 Å². The summed E-state index contributed by atoms with van der Waals surface area (Å²) in [6.07, 6.45) is 4.00. The van der Waals surface area contributed by atoms with Crippen LogP contribution in [0.5, 0.6) is 0 Å². The molecule has 1 aromatic heterocycles. The molecule has 2 rings (SSSR count). The highest BCUT2D eigenvalue weighted by Gasteiger charge is 2.32. The number of amides is 1. The molecule has 0 bridgehead atoms. The van der Waals surface area contributed by atoms with Crippen molar-refractivity contribution >= 4 is 11.7 Å². The lowest BCUT2D eigenvalue weighted by Gasteiger charge is -2.18. The number of aromatic nitrogens is 1. The van der Waals surface area contributed by atoms with Crippen LogP contribution in [-0.4, -0.2) is 34.9 Å². The van der Waals surface area contributed by atoms with Crippen LogP contribution in [0.2, 0.25) is 0 Å². The Bertz CT molecular complexity index is 463. The largest absolute Gasteiger partial charge is 0.383 e. The predicted octanol–water partition coefficient (Wildman–Crippen LogP) is 1.40. The summed E-state index contributed by atoms with van der Waals surface area (Å²) in [5.41, 5.74) is 6.96. The second kappa shape index (κ2) is 6.70. The summed E-state index contributed by atoms with van der Waals surface area (Å²) < 4.78 is 0. The number of nitrogens with two attached hydrogens (primary N) is 1. The number of hydrogen-bond donors (Lipinski definition) is 2. The Balaban J connectivity index is 2.00. The first-order valence-electron chi connectivity index (χ1n) is 7.29. The highest BCUT2D eigenvalue weighted by Crippen LogP contribution is 2.24. The zero-order valence-electron chi connectivity index (χ0n) is 12.3. The van der Waals surface area contributed by atoms with Crippen LogP contribution in [0.4, 0.5) is 5.82 Å². The molecule has 110 valence electrons. The molecule has 1 aliphatic rings. The highest BCUT2D eigenvalue weighted by atomic mass is 16.1. The van der Waals surface area contributed by atoms with Crippen LogP contribution in [0, 0.1) is 5.92 Å². The van der Waals surface area contributed by atoms with E-state index in [2.05, 4.69) is 22.1 Å². The maximum absolute atomic E-state index is 11.3. The van der Waals surface area contributed by atoms with Gasteiger partial charge in [0.15, 0.2) is 0 Å². The quantitative estimate of drug-likeness (QED) is 0.853. The number of rotatable bonds is 5. The molecule has 0 aromatic carbocycles. The predicted molar refractivity (Wildman–Crippen MR) is 79.9 cm³/mol. The van der Waals surface area contributed by atoms with Crippen molar-refractivity contribution in [1.29, 1.82) is 0 Å². The third kappa shape index (κ3) is 3.70. The van der Waals surface area contributed by atoms with E-state index in [4.69, 9.17) is 5.73 Å². The maximum Gasteiger partial charge on any atom is 0.217 e. The first-order chi connectivity index (χ1) is 9.60. The Kier molecular flexibility index (Phi) is 4.95. The second-order valence-corrected chi connectivity index (χ2v) is 5.60. The average molecular weight is 276 g/mol. The van der Waals surface area contributed by atoms with Crippen molar-refractivity contribution in [2.75, 3.05) is 18.8 Å². The van der Waals surface area contributed by atoms with Gasteiger partial charge in [0.1, 0.15) is 5.82 Å². The van der Waals surface area contributed by atoms with Gasteiger partial charge in [0, 0.05) is 44.4 Å². The molecule has 0 spiro atoms. The molecule has 0 aliphatic carbocycles.